The largest absolute Gasteiger partial charge is 0.347 e. The molecular weight excluding hydrogens is 217 g/mol. The highest BCUT2D eigenvalue weighted by Gasteiger charge is 2.19. The molecule has 0 saturated heterocycles. The number of hydrogen-bond acceptors (Lipinski definition) is 1. The molecule has 0 spiro atoms. The maximum absolute atomic E-state index is 13.2. The molecule has 0 aliphatic heterocycles. The molecule has 2 nitrogen and oxygen atoms in total. The fourth-order valence-electron chi connectivity index (χ4n) is 1.14. The van der Waals surface area contributed by atoms with Crippen molar-refractivity contribution in [1.29, 1.82) is 0 Å². The number of hydrogen-bond donors (Lipinski definition) is 0. The number of likely N-dealkylation sites (N-methyl/N-ethyl adjacent to an activating group) is 1. The summed E-state index contributed by atoms with van der Waals surface area (Å²) in [6, 6.07) is 4.58. The number of carbonyl (C=O) groups excluding carboxylic acids is 1. The van der Waals surface area contributed by atoms with Crippen molar-refractivity contribution < 1.29 is 9.18 Å². The van der Waals surface area contributed by atoms with Crippen LogP contribution in [0.2, 0.25) is 0 Å². The molecule has 1 unspecified atom stereocenters. The molecule has 1 atom stereocenters. The summed E-state index contributed by atoms with van der Waals surface area (Å²) in [6.07, 6.45) is 0. The van der Waals surface area contributed by atoms with Crippen molar-refractivity contribution in [3.05, 3.63) is 35.1 Å². The van der Waals surface area contributed by atoms with Crippen molar-refractivity contribution in [2.45, 2.75) is 12.3 Å². The van der Waals surface area contributed by atoms with Gasteiger partial charge in [0.25, 0.3) is 0 Å². The fraction of sp³-hybridized carbons (Fsp3) is 0.364. The average Bonchev–Trinajstić information content (AvgIpc) is 2.19. The molecule has 82 valence electrons. The number of carbonyl (C=O) groups is 1. The Labute approximate surface area is 93.6 Å². The van der Waals surface area contributed by atoms with E-state index in [4.69, 9.17) is 11.6 Å². The first-order chi connectivity index (χ1) is 6.93. The summed E-state index contributed by atoms with van der Waals surface area (Å²) in [5.74, 6) is -0.593. The second-order valence-electron chi connectivity index (χ2n) is 3.60. The van der Waals surface area contributed by atoms with E-state index in [1.54, 1.807) is 33.2 Å². The first-order valence-corrected chi connectivity index (χ1v) is 4.98. The fourth-order valence-corrected chi connectivity index (χ4v) is 1.47. The second kappa shape index (κ2) is 4.62. The minimum absolute atomic E-state index is 0.250. The van der Waals surface area contributed by atoms with Crippen molar-refractivity contribution in [1.82, 2.24) is 4.90 Å². The Morgan fingerprint density at radius 1 is 1.47 bits per heavy atom. The summed E-state index contributed by atoms with van der Waals surface area (Å²) in [5, 5.41) is -0.824. The van der Waals surface area contributed by atoms with Gasteiger partial charge >= 0.3 is 0 Å². The molecule has 1 aromatic carbocycles. The number of rotatable bonds is 2. The average molecular weight is 230 g/mol. The van der Waals surface area contributed by atoms with Crippen LogP contribution in [0.3, 0.4) is 0 Å². The predicted molar refractivity (Wildman–Crippen MR) is 58.4 cm³/mol. The van der Waals surface area contributed by atoms with Crippen LogP contribution in [0.1, 0.15) is 16.5 Å². The van der Waals surface area contributed by atoms with E-state index in [1.807, 2.05) is 0 Å². The predicted octanol–water partition coefficient (Wildman–Crippen LogP) is 2.50. The van der Waals surface area contributed by atoms with Gasteiger partial charge in [0, 0.05) is 14.1 Å². The standard InChI is InChI=1S/C11H13ClFNO/c1-7-4-5-8(6-9(7)13)10(12)11(15)14(2)3/h4-6,10H,1-3H3. The van der Waals surface area contributed by atoms with Crippen LogP contribution in [-0.2, 0) is 4.79 Å². The third kappa shape index (κ3) is 2.69. The number of aryl methyl sites for hydroxylation is 1. The van der Waals surface area contributed by atoms with Gasteiger partial charge in [-0.05, 0) is 24.1 Å². The topological polar surface area (TPSA) is 20.3 Å². The number of amides is 1. The van der Waals surface area contributed by atoms with Crippen LogP contribution in [0, 0.1) is 12.7 Å². The number of nitrogens with zero attached hydrogens (tertiary/aromatic N) is 1. The minimum atomic E-state index is -0.824. The van der Waals surface area contributed by atoms with Gasteiger partial charge in [0.2, 0.25) is 5.91 Å². The molecule has 0 saturated carbocycles. The third-order valence-electron chi connectivity index (χ3n) is 2.15. The van der Waals surface area contributed by atoms with Gasteiger partial charge in [-0.25, -0.2) is 4.39 Å². The van der Waals surface area contributed by atoms with E-state index in [9.17, 15) is 9.18 Å². The van der Waals surface area contributed by atoms with E-state index in [2.05, 4.69) is 0 Å². The van der Waals surface area contributed by atoms with Gasteiger partial charge in [-0.1, -0.05) is 12.1 Å². The Hall–Kier alpha value is -1.09. The van der Waals surface area contributed by atoms with Gasteiger partial charge in [0.05, 0.1) is 0 Å². The van der Waals surface area contributed by atoms with E-state index in [0.717, 1.165) is 0 Å². The Balaban J connectivity index is 2.97. The van der Waals surface area contributed by atoms with Crippen LogP contribution >= 0.6 is 11.6 Å². The molecule has 1 aromatic rings. The SMILES string of the molecule is Cc1ccc(C(Cl)C(=O)N(C)C)cc1F. The highest BCUT2D eigenvalue weighted by Crippen LogP contribution is 2.23. The third-order valence-corrected chi connectivity index (χ3v) is 2.58. The van der Waals surface area contributed by atoms with E-state index in [0.29, 0.717) is 11.1 Å². The van der Waals surface area contributed by atoms with Crippen LogP contribution in [0.5, 0.6) is 0 Å². The molecule has 0 radical (unpaired) electrons. The number of benzene rings is 1. The Morgan fingerprint density at radius 3 is 2.53 bits per heavy atom. The molecule has 0 N–H and O–H groups in total. The molecule has 4 heteroatoms. The molecule has 1 rings (SSSR count). The van der Waals surface area contributed by atoms with Gasteiger partial charge in [0.15, 0.2) is 0 Å². The second-order valence-corrected chi connectivity index (χ2v) is 4.04. The lowest BCUT2D eigenvalue weighted by Crippen LogP contribution is -2.25. The highest BCUT2D eigenvalue weighted by molar-refractivity contribution is 6.30. The monoisotopic (exact) mass is 229 g/mol. The van der Waals surface area contributed by atoms with Gasteiger partial charge in [-0.3, -0.25) is 4.79 Å². The zero-order valence-corrected chi connectivity index (χ0v) is 9.68. The molecule has 0 aliphatic rings. The normalized spacial score (nSPS) is 12.3. The van der Waals surface area contributed by atoms with Gasteiger partial charge in [-0.2, -0.15) is 0 Å². The zero-order valence-electron chi connectivity index (χ0n) is 8.92. The molecule has 0 bridgehead atoms. The number of alkyl halides is 1. The zero-order chi connectivity index (χ0) is 11.6. The van der Waals surface area contributed by atoms with Gasteiger partial charge in [-0.15, -0.1) is 11.6 Å². The molecule has 0 heterocycles. The summed E-state index contributed by atoms with van der Waals surface area (Å²) >= 11 is 5.92. The van der Waals surface area contributed by atoms with E-state index >= 15 is 0 Å². The molecule has 0 fully saturated rings. The minimum Gasteiger partial charge on any atom is -0.347 e. The lowest BCUT2D eigenvalue weighted by molar-refractivity contribution is -0.128. The maximum atomic E-state index is 13.2. The van der Waals surface area contributed by atoms with Gasteiger partial charge in [0.1, 0.15) is 11.2 Å². The van der Waals surface area contributed by atoms with E-state index in [-0.39, 0.29) is 11.7 Å². The summed E-state index contributed by atoms with van der Waals surface area (Å²) in [4.78, 5) is 12.9. The molecule has 1 amide bonds. The van der Waals surface area contributed by atoms with Crippen molar-refractivity contribution in [3.63, 3.8) is 0 Å². The molecule has 15 heavy (non-hydrogen) atoms. The molecule has 0 aliphatic carbocycles. The quantitative estimate of drug-likeness (QED) is 0.714. The van der Waals surface area contributed by atoms with Crippen LogP contribution in [0.25, 0.3) is 0 Å². The highest BCUT2D eigenvalue weighted by atomic mass is 35.5. The Morgan fingerprint density at radius 2 is 2.07 bits per heavy atom. The van der Waals surface area contributed by atoms with E-state index < -0.39 is 5.38 Å². The Kier molecular flexibility index (Phi) is 3.69. The van der Waals surface area contributed by atoms with Crippen LogP contribution in [-0.4, -0.2) is 24.9 Å². The lowest BCUT2D eigenvalue weighted by Gasteiger charge is -2.15. The van der Waals surface area contributed by atoms with Crippen molar-refractivity contribution in [2.75, 3.05) is 14.1 Å². The van der Waals surface area contributed by atoms with Crippen molar-refractivity contribution >= 4 is 17.5 Å². The summed E-state index contributed by atoms with van der Waals surface area (Å²) in [7, 11) is 3.23. The van der Waals surface area contributed by atoms with Crippen LogP contribution < -0.4 is 0 Å². The van der Waals surface area contributed by atoms with Crippen LogP contribution in [0.4, 0.5) is 4.39 Å². The smallest absolute Gasteiger partial charge is 0.244 e. The first kappa shape index (κ1) is 12.0. The molecule has 0 aromatic heterocycles. The van der Waals surface area contributed by atoms with Crippen LogP contribution in [0.15, 0.2) is 18.2 Å². The van der Waals surface area contributed by atoms with Gasteiger partial charge < -0.3 is 4.90 Å². The maximum Gasteiger partial charge on any atom is 0.244 e. The lowest BCUT2D eigenvalue weighted by atomic mass is 10.1. The summed E-state index contributed by atoms with van der Waals surface area (Å²) in [6.45, 7) is 1.66. The Bertz CT molecular complexity index is 379. The van der Waals surface area contributed by atoms with Crippen molar-refractivity contribution in [3.8, 4) is 0 Å². The first-order valence-electron chi connectivity index (χ1n) is 4.54. The number of halogens is 2. The van der Waals surface area contributed by atoms with Crippen molar-refractivity contribution in [2.24, 2.45) is 0 Å². The molecular formula is C11H13ClFNO. The summed E-state index contributed by atoms with van der Waals surface area (Å²) < 4.78 is 13.2. The van der Waals surface area contributed by atoms with E-state index in [1.165, 1.54) is 11.0 Å². The summed E-state index contributed by atoms with van der Waals surface area (Å²) in [5.41, 5.74) is 1.03.